The topological polar surface area (TPSA) is 53.5 Å². The predicted molar refractivity (Wildman–Crippen MR) is 94.1 cm³/mol. The van der Waals surface area contributed by atoms with Gasteiger partial charge < -0.3 is 9.80 Å². The van der Waals surface area contributed by atoms with Gasteiger partial charge in [0.05, 0.1) is 5.01 Å². The van der Waals surface area contributed by atoms with Gasteiger partial charge in [-0.2, -0.15) is 0 Å². The highest BCUT2D eigenvalue weighted by atomic mass is 32.1. The van der Waals surface area contributed by atoms with Gasteiger partial charge >= 0.3 is 0 Å². The molecule has 0 atom stereocenters. The minimum absolute atomic E-state index is 0.0317. The molecule has 1 aromatic carbocycles. The first-order chi connectivity index (χ1) is 11.6. The molecular weight excluding hydrogens is 322 g/mol. The van der Waals surface area contributed by atoms with Crippen LogP contribution < -0.4 is 0 Å². The van der Waals surface area contributed by atoms with Gasteiger partial charge in [-0.25, -0.2) is 4.98 Å². The molecule has 0 aliphatic carbocycles. The van der Waals surface area contributed by atoms with Crippen molar-refractivity contribution in [3.05, 3.63) is 52.0 Å². The third-order valence-corrected chi connectivity index (χ3v) is 5.00. The van der Waals surface area contributed by atoms with Gasteiger partial charge in [-0.3, -0.25) is 9.59 Å². The summed E-state index contributed by atoms with van der Waals surface area (Å²) in [6.45, 7) is 4.24. The van der Waals surface area contributed by atoms with Gasteiger partial charge in [0.2, 0.25) is 5.91 Å². The van der Waals surface area contributed by atoms with Crippen molar-refractivity contribution in [3.8, 4) is 0 Å². The number of hydrogen-bond acceptors (Lipinski definition) is 4. The predicted octanol–water partition coefficient (Wildman–Crippen LogP) is 2.37. The van der Waals surface area contributed by atoms with Crippen LogP contribution in [0.25, 0.3) is 0 Å². The molecule has 0 N–H and O–H groups in total. The molecule has 0 bridgehead atoms. The number of carbonyl (C=O) groups excluding carboxylic acids is 2. The van der Waals surface area contributed by atoms with Gasteiger partial charge in [0, 0.05) is 38.0 Å². The second kappa shape index (κ2) is 7.57. The van der Waals surface area contributed by atoms with Crippen LogP contribution in [-0.4, -0.2) is 52.8 Å². The highest BCUT2D eigenvalue weighted by molar-refractivity contribution is 7.09. The number of benzene rings is 1. The van der Waals surface area contributed by atoms with E-state index in [4.69, 9.17) is 0 Å². The Morgan fingerprint density at radius 2 is 1.75 bits per heavy atom. The first-order valence-corrected chi connectivity index (χ1v) is 9.04. The quantitative estimate of drug-likeness (QED) is 0.856. The molecule has 5 nitrogen and oxygen atoms in total. The molecule has 2 aromatic rings. The Balaban J connectivity index is 1.47. The van der Waals surface area contributed by atoms with E-state index in [1.54, 1.807) is 10.3 Å². The number of hydrogen-bond donors (Lipinski definition) is 0. The summed E-state index contributed by atoms with van der Waals surface area (Å²) in [6, 6.07) is 10.0. The van der Waals surface area contributed by atoms with Gasteiger partial charge in [-0.1, -0.05) is 30.3 Å². The first-order valence-electron chi connectivity index (χ1n) is 8.16. The van der Waals surface area contributed by atoms with Crippen LogP contribution in [0, 0.1) is 6.92 Å². The third-order valence-electron chi connectivity index (χ3n) is 4.23. The lowest BCUT2D eigenvalue weighted by Crippen LogP contribution is -2.50. The van der Waals surface area contributed by atoms with Crippen LogP contribution in [0.2, 0.25) is 0 Å². The molecule has 1 saturated heterocycles. The maximum Gasteiger partial charge on any atom is 0.273 e. The molecule has 2 amide bonds. The second-order valence-corrected chi connectivity index (χ2v) is 6.97. The number of rotatable bonds is 4. The van der Waals surface area contributed by atoms with Crippen molar-refractivity contribution in [2.75, 3.05) is 26.2 Å². The summed E-state index contributed by atoms with van der Waals surface area (Å²) >= 11 is 1.48. The van der Waals surface area contributed by atoms with Gasteiger partial charge in [-0.15, -0.1) is 11.3 Å². The zero-order valence-electron chi connectivity index (χ0n) is 13.8. The van der Waals surface area contributed by atoms with Gasteiger partial charge in [0.15, 0.2) is 0 Å². The first kappa shape index (κ1) is 16.6. The van der Waals surface area contributed by atoms with Gasteiger partial charge in [0.1, 0.15) is 5.69 Å². The van der Waals surface area contributed by atoms with Crippen LogP contribution >= 0.6 is 11.3 Å². The van der Waals surface area contributed by atoms with Crippen molar-refractivity contribution in [1.82, 2.24) is 14.8 Å². The maximum absolute atomic E-state index is 12.4. The van der Waals surface area contributed by atoms with E-state index in [-0.39, 0.29) is 11.8 Å². The average Bonchev–Trinajstić information content (AvgIpc) is 3.06. The summed E-state index contributed by atoms with van der Waals surface area (Å²) < 4.78 is 0. The minimum atomic E-state index is -0.0317. The standard InChI is InChI=1S/C18H21N3O2S/c1-14-19-16(13-24-14)18(23)21-11-9-20(10-12-21)17(22)8-7-15-5-3-2-4-6-15/h2-6,13H,7-12H2,1H3. The molecule has 0 radical (unpaired) electrons. The highest BCUT2D eigenvalue weighted by Gasteiger charge is 2.25. The van der Waals surface area contributed by atoms with Crippen LogP contribution in [0.15, 0.2) is 35.7 Å². The number of thiazole rings is 1. The lowest BCUT2D eigenvalue weighted by atomic mass is 10.1. The Bertz CT molecular complexity index is 706. The van der Waals surface area contributed by atoms with E-state index in [2.05, 4.69) is 4.98 Å². The summed E-state index contributed by atoms with van der Waals surface area (Å²) in [5.74, 6) is 0.131. The molecule has 1 fully saturated rings. The molecule has 3 rings (SSSR count). The van der Waals surface area contributed by atoms with Crippen LogP contribution in [0.4, 0.5) is 0 Å². The zero-order chi connectivity index (χ0) is 16.9. The van der Waals surface area contributed by atoms with Crippen molar-refractivity contribution in [2.45, 2.75) is 19.8 Å². The Hall–Kier alpha value is -2.21. The summed E-state index contributed by atoms with van der Waals surface area (Å²) in [4.78, 5) is 32.6. The lowest BCUT2D eigenvalue weighted by molar-refractivity contribution is -0.132. The summed E-state index contributed by atoms with van der Waals surface area (Å²) in [7, 11) is 0. The van der Waals surface area contributed by atoms with Crippen LogP contribution in [-0.2, 0) is 11.2 Å². The molecule has 2 heterocycles. The Morgan fingerprint density at radius 3 is 2.38 bits per heavy atom. The van der Waals surface area contributed by atoms with Gasteiger partial charge in [0.25, 0.3) is 5.91 Å². The van der Waals surface area contributed by atoms with E-state index in [0.29, 0.717) is 38.3 Å². The van der Waals surface area contributed by atoms with Crippen LogP contribution in [0.3, 0.4) is 0 Å². The highest BCUT2D eigenvalue weighted by Crippen LogP contribution is 2.13. The number of aromatic nitrogens is 1. The number of carbonyl (C=O) groups is 2. The third kappa shape index (κ3) is 4.00. The van der Waals surface area contributed by atoms with Crippen molar-refractivity contribution in [1.29, 1.82) is 0 Å². The SMILES string of the molecule is Cc1nc(C(=O)N2CCN(C(=O)CCc3ccccc3)CC2)cs1. The lowest BCUT2D eigenvalue weighted by Gasteiger charge is -2.34. The number of amides is 2. The minimum Gasteiger partial charge on any atom is -0.339 e. The van der Waals surface area contributed by atoms with Crippen molar-refractivity contribution in [3.63, 3.8) is 0 Å². The Morgan fingerprint density at radius 1 is 1.08 bits per heavy atom. The van der Waals surface area contributed by atoms with E-state index in [0.717, 1.165) is 11.4 Å². The fourth-order valence-corrected chi connectivity index (χ4v) is 3.42. The largest absolute Gasteiger partial charge is 0.339 e. The Labute approximate surface area is 145 Å². The van der Waals surface area contributed by atoms with E-state index >= 15 is 0 Å². The van der Waals surface area contributed by atoms with E-state index in [9.17, 15) is 9.59 Å². The second-order valence-electron chi connectivity index (χ2n) is 5.91. The zero-order valence-corrected chi connectivity index (χ0v) is 14.6. The fourth-order valence-electron chi connectivity index (χ4n) is 2.84. The van der Waals surface area contributed by atoms with Crippen molar-refractivity contribution < 1.29 is 9.59 Å². The van der Waals surface area contributed by atoms with Crippen LogP contribution in [0.1, 0.15) is 27.5 Å². The average molecular weight is 343 g/mol. The molecule has 24 heavy (non-hydrogen) atoms. The molecule has 126 valence electrons. The monoisotopic (exact) mass is 343 g/mol. The molecule has 6 heteroatoms. The number of piperazine rings is 1. The molecule has 1 aliphatic rings. The molecule has 0 saturated carbocycles. The molecule has 1 aromatic heterocycles. The van der Waals surface area contributed by atoms with E-state index in [1.807, 2.05) is 42.2 Å². The smallest absolute Gasteiger partial charge is 0.273 e. The number of nitrogens with zero attached hydrogens (tertiary/aromatic N) is 3. The summed E-state index contributed by atoms with van der Waals surface area (Å²) in [5.41, 5.74) is 1.69. The fraction of sp³-hybridized carbons (Fsp3) is 0.389. The Kier molecular flexibility index (Phi) is 5.25. The number of aryl methyl sites for hydroxylation is 2. The van der Waals surface area contributed by atoms with Gasteiger partial charge in [-0.05, 0) is 18.9 Å². The molecule has 0 unspecified atom stereocenters. The normalized spacial score (nSPS) is 14.7. The summed E-state index contributed by atoms with van der Waals surface area (Å²) in [6.07, 6.45) is 1.28. The molecular formula is C18H21N3O2S. The van der Waals surface area contributed by atoms with Crippen molar-refractivity contribution >= 4 is 23.2 Å². The van der Waals surface area contributed by atoms with E-state index < -0.39 is 0 Å². The van der Waals surface area contributed by atoms with Crippen molar-refractivity contribution in [2.24, 2.45) is 0 Å². The maximum atomic E-state index is 12.4. The van der Waals surface area contributed by atoms with Crippen LogP contribution in [0.5, 0.6) is 0 Å². The summed E-state index contributed by atoms with van der Waals surface area (Å²) in [5, 5.41) is 2.70. The van der Waals surface area contributed by atoms with E-state index in [1.165, 1.54) is 16.9 Å². The molecule has 1 aliphatic heterocycles. The molecule has 0 spiro atoms.